The number of pyridine rings is 1. The third kappa shape index (κ3) is 6.41. The molecule has 0 fully saturated rings. The highest BCUT2D eigenvalue weighted by Gasteiger charge is 2.08. The number of carbonyl (C=O) groups excluding carboxylic acids is 1. The molecule has 0 aliphatic rings. The number of ether oxygens (including phenoxy) is 2. The van der Waals surface area contributed by atoms with Crippen molar-refractivity contribution in [2.24, 2.45) is 0 Å². The molecule has 4 rings (SSSR count). The molecule has 2 aromatic heterocycles. The number of hydrogen-bond acceptors (Lipinski definition) is 8. The van der Waals surface area contributed by atoms with Crippen LogP contribution in [0.2, 0.25) is 0 Å². The van der Waals surface area contributed by atoms with Gasteiger partial charge in [0.1, 0.15) is 30.3 Å². The van der Waals surface area contributed by atoms with Crippen LogP contribution in [0.25, 0.3) is 17.0 Å². The molecule has 3 N–H and O–H groups in total. The molecular weight excluding hydrogens is 458 g/mol. The minimum Gasteiger partial charge on any atom is -0.455 e. The molecule has 0 radical (unpaired) electrons. The average molecular weight is 486 g/mol. The van der Waals surface area contributed by atoms with E-state index in [-0.39, 0.29) is 19.1 Å². The van der Waals surface area contributed by atoms with Crippen molar-refractivity contribution in [1.29, 1.82) is 0 Å². The van der Waals surface area contributed by atoms with Crippen LogP contribution in [-0.4, -0.2) is 46.2 Å². The van der Waals surface area contributed by atoms with E-state index < -0.39 is 0 Å². The zero-order valence-electron chi connectivity index (χ0n) is 20.1. The fourth-order valence-electron chi connectivity index (χ4n) is 3.50. The van der Waals surface area contributed by atoms with Gasteiger partial charge in [0.05, 0.1) is 24.0 Å². The molecule has 0 saturated carbocycles. The maximum absolute atomic E-state index is 11.5. The van der Waals surface area contributed by atoms with Crippen molar-refractivity contribution in [3.8, 4) is 11.5 Å². The molecule has 0 unspecified atom stereocenters. The Kier molecular flexibility index (Phi) is 8.17. The first-order valence-electron chi connectivity index (χ1n) is 11.3. The Bertz CT molecular complexity index is 1370. The van der Waals surface area contributed by atoms with Gasteiger partial charge < -0.3 is 25.2 Å². The minimum atomic E-state index is -0.163. The van der Waals surface area contributed by atoms with Crippen molar-refractivity contribution in [2.75, 3.05) is 25.6 Å². The van der Waals surface area contributed by atoms with E-state index >= 15 is 0 Å². The second-order valence-corrected chi connectivity index (χ2v) is 7.99. The number of anilines is 2. The molecule has 0 aliphatic carbocycles. The molecule has 0 spiro atoms. The van der Waals surface area contributed by atoms with Crippen molar-refractivity contribution in [2.45, 2.75) is 13.5 Å². The van der Waals surface area contributed by atoms with E-state index in [0.717, 1.165) is 27.7 Å². The highest BCUT2D eigenvalue weighted by molar-refractivity contribution is 5.92. The van der Waals surface area contributed by atoms with Gasteiger partial charge in [-0.15, -0.1) is 0 Å². The molecule has 9 nitrogen and oxygen atoms in total. The number of methoxy groups -OCH3 is 1. The summed E-state index contributed by atoms with van der Waals surface area (Å²) in [6.07, 6.45) is 6.92. The number of aliphatic hydroxyl groups excluding tert-OH is 1. The summed E-state index contributed by atoms with van der Waals surface area (Å²) in [6.45, 7) is 2.30. The molecule has 2 heterocycles. The summed E-state index contributed by atoms with van der Waals surface area (Å²) in [5, 5.41) is 16.1. The third-order valence-corrected chi connectivity index (χ3v) is 5.29. The number of hydrogen-bond donors (Lipinski definition) is 3. The highest BCUT2D eigenvalue weighted by Crippen LogP contribution is 2.30. The quantitative estimate of drug-likeness (QED) is 0.307. The molecule has 36 heavy (non-hydrogen) atoms. The van der Waals surface area contributed by atoms with Crippen molar-refractivity contribution in [3.63, 3.8) is 0 Å². The van der Waals surface area contributed by atoms with Crippen molar-refractivity contribution >= 4 is 34.4 Å². The average Bonchev–Trinajstić information content (AvgIpc) is 2.89. The molecule has 9 heteroatoms. The van der Waals surface area contributed by atoms with Gasteiger partial charge >= 0.3 is 0 Å². The summed E-state index contributed by atoms with van der Waals surface area (Å²) in [7, 11) is 1.48. The number of aromatic nitrogens is 3. The summed E-state index contributed by atoms with van der Waals surface area (Å²) >= 11 is 0. The molecule has 2 aromatic carbocycles. The first-order valence-corrected chi connectivity index (χ1v) is 11.3. The van der Waals surface area contributed by atoms with Crippen LogP contribution in [0.15, 0.2) is 67.1 Å². The largest absolute Gasteiger partial charge is 0.455 e. The lowest BCUT2D eigenvalue weighted by atomic mass is 10.1. The number of rotatable bonds is 10. The lowest BCUT2D eigenvalue weighted by Gasteiger charge is -2.13. The molecular formula is C27H27N5O4. The Labute approximate surface area is 208 Å². The highest BCUT2D eigenvalue weighted by atomic mass is 16.5. The summed E-state index contributed by atoms with van der Waals surface area (Å²) in [5.74, 6) is 1.82. The van der Waals surface area contributed by atoms with Crippen molar-refractivity contribution < 1.29 is 19.4 Å². The number of carbonyl (C=O) groups is 1. The molecule has 0 saturated heterocycles. The molecule has 0 atom stereocenters. The second-order valence-electron chi connectivity index (χ2n) is 7.99. The zero-order chi connectivity index (χ0) is 25.3. The van der Waals surface area contributed by atoms with E-state index in [4.69, 9.17) is 14.6 Å². The van der Waals surface area contributed by atoms with Crippen LogP contribution >= 0.6 is 0 Å². The number of amides is 1. The van der Waals surface area contributed by atoms with Crippen LogP contribution in [-0.2, 0) is 16.1 Å². The number of aryl methyl sites for hydroxylation is 1. The van der Waals surface area contributed by atoms with Crippen LogP contribution in [0.1, 0.15) is 16.8 Å². The summed E-state index contributed by atoms with van der Waals surface area (Å²) in [4.78, 5) is 24.4. The van der Waals surface area contributed by atoms with Gasteiger partial charge in [0.2, 0.25) is 5.91 Å². The summed E-state index contributed by atoms with van der Waals surface area (Å²) in [5.41, 5.74) is 4.15. The molecule has 184 valence electrons. The van der Waals surface area contributed by atoms with E-state index in [9.17, 15) is 4.79 Å². The van der Waals surface area contributed by atoms with Gasteiger partial charge in [-0.3, -0.25) is 9.78 Å². The van der Waals surface area contributed by atoms with E-state index in [1.807, 2.05) is 55.5 Å². The van der Waals surface area contributed by atoms with Crippen LogP contribution in [0.5, 0.6) is 11.5 Å². The predicted molar refractivity (Wildman–Crippen MR) is 138 cm³/mol. The van der Waals surface area contributed by atoms with Crippen LogP contribution < -0.4 is 15.4 Å². The minimum absolute atomic E-state index is 0.0394. The molecule has 0 aliphatic heterocycles. The van der Waals surface area contributed by atoms with E-state index in [0.29, 0.717) is 29.6 Å². The Balaban J connectivity index is 1.48. The Hall–Kier alpha value is -4.34. The first kappa shape index (κ1) is 24.8. The van der Waals surface area contributed by atoms with E-state index in [1.54, 1.807) is 18.3 Å². The van der Waals surface area contributed by atoms with Crippen LogP contribution in [0.4, 0.5) is 11.5 Å². The topological polar surface area (TPSA) is 118 Å². The lowest BCUT2D eigenvalue weighted by molar-refractivity contribution is -0.124. The standard InChI is InChI=1S/C27H27N5O4/c1-18-12-20(7-10-25(18)36-22-8-6-21(15-33)29-14-22)32-27-23-13-19(5-9-24(23)30-17-31-27)4-3-11-28-26(34)16-35-2/h3-10,12-14,17,33H,11,15-16H2,1-2H3,(H,28,34)(H,30,31,32)/b4-3+. The smallest absolute Gasteiger partial charge is 0.246 e. The number of nitrogens with zero attached hydrogens (tertiary/aromatic N) is 3. The van der Waals surface area contributed by atoms with Gasteiger partial charge in [0, 0.05) is 24.7 Å². The zero-order valence-corrected chi connectivity index (χ0v) is 20.1. The number of benzene rings is 2. The van der Waals surface area contributed by atoms with Crippen molar-refractivity contribution in [1.82, 2.24) is 20.3 Å². The van der Waals surface area contributed by atoms with Gasteiger partial charge in [-0.05, 0) is 60.5 Å². The van der Waals surface area contributed by atoms with Gasteiger partial charge in [-0.25, -0.2) is 9.97 Å². The fraction of sp³-hybridized carbons (Fsp3) is 0.185. The maximum atomic E-state index is 11.5. The maximum Gasteiger partial charge on any atom is 0.246 e. The van der Waals surface area contributed by atoms with E-state index in [2.05, 4.69) is 25.6 Å². The number of aliphatic hydroxyl groups is 1. The first-order chi connectivity index (χ1) is 17.6. The Morgan fingerprint density at radius 3 is 2.72 bits per heavy atom. The van der Waals surface area contributed by atoms with Crippen LogP contribution in [0, 0.1) is 6.92 Å². The normalized spacial score (nSPS) is 11.1. The molecule has 4 aromatic rings. The summed E-state index contributed by atoms with van der Waals surface area (Å²) in [6, 6.07) is 15.2. The van der Waals surface area contributed by atoms with Crippen molar-refractivity contribution in [3.05, 3.63) is 84.0 Å². The Morgan fingerprint density at radius 1 is 1.08 bits per heavy atom. The van der Waals surface area contributed by atoms with E-state index in [1.165, 1.54) is 13.4 Å². The van der Waals surface area contributed by atoms with Gasteiger partial charge in [-0.2, -0.15) is 0 Å². The molecule has 1 amide bonds. The monoisotopic (exact) mass is 485 g/mol. The van der Waals surface area contributed by atoms with Gasteiger partial charge in [0.15, 0.2) is 0 Å². The molecule has 0 bridgehead atoms. The predicted octanol–water partition coefficient (Wildman–Crippen LogP) is 4.14. The SMILES string of the molecule is COCC(=O)NC/C=C/c1ccc2ncnc(Nc3ccc(Oc4ccc(CO)nc4)c(C)c3)c2c1. The fourth-order valence-corrected chi connectivity index (χ4v) is 3.50. The Morgan fingerprint density at radius 2 is 1.97 bits per heavy atom. The van der Waals surface area contributed by atoms with Gasteiger partial charge in [-0.1, -0.05) is 18.2 Å². The lowest BCUT2D eigenvalue weighted by Crippen LogP contribution is -2.26. The number of nitrogens with one attached hydrogen (secondary N) is 2. The van der Waals surface area contributed by atoms with Gasteiger partial charge in [0.25, 0.3) is 0 Å². The van der Waals surface area contributed by atoms with Crippen LogP contribution in [0.3, 0.4) is 0 Å². The second kappa shape index (κ2) is 11.9. The number of fused-ring (bicyclic) bond motifs is 1. The summed E-state index contributed by atoms with van der Waals surface area (Å²) < 4.78 is 10.7. The third-order valence-electron chi connectivity index (χ3n) is 5.29.